The van der Waals surface area contributed by atoms with Crippen LogP contribution in [0, 0.1) is 0 Å². The quantitative estimate of drug-likeness (QED) is 0.346. The number of anilines is 2. The molecule has 0 fully saturated rings. The van der Waals surface area contributed by atoms with Crippen LogP contribution < -0.4 is 14.8 Å². The summed E-state index contributed by atoms with van der Waals surface area (Å²) in [6.45, 7) is -2.92. The van der Waals surface area contributed by atoms with Gasteiger partial charge in [0, 0.05) is 23.6 Å². The first-order chi connectivity index (χ1) is 16.3. The fraction of sp³-hybridized carbons (Fsp3) is 0.0476. The summed E-state index contributed by atoms with van der Waals surface area (Å²) in [5, 5.41) is 9.28. The Kier molecular flexibility index (Phi) is 6.45. The van der Waals surface area contributed by atoms with E-state index in [0.29, 0.717) is 16.9 Å². The van der Waals surface area contributed by atoms with Crippen LogP contribution in [0.15, 0.2) is 78.0 Å². The van der Waals surface area contributed by atoms with Crippen LogP contribution in [0.1, 0.15) is 10.5 Å². The van der Waals surface area contributed by atoms with Crippen molar-refractivity contribution in [2.75, 3.05) is 10.0 Å². The number of nitrogens with zero attached hydrogens (tertiary/aromatic N) is 3. The van der Waals surface area contributed by atoms with Crippen LogP contribution in [0.25, 0.3) is 11.3 Å². The SMILES string of the molecule is O=C(Nc1ccc(S(=O)(=O)Nc2ncccn2)cc1)c1cc(-c2ccc(OC(F)F)cc2)n[nH]1. The Morgan fingerprint density at radius 3 is 2.32 bits per heavy atom. The van der Waals surface area contributed by atoms with Gasteiger partial charge in [0.25, 0.3) is 15.9 Å². The number of hydrogen-bond donors (Lipinski definition) is 3. The van der Waals surface area contributed by atoms with Crippen molar-refractivity contribution in [2.45, 2.75) is 11.5 Å². The van der Waals surface area contributed by atoms with Gasteiger partial charge in [-0.25, -0.2) is 23.1 Å². The number of ether oxygens (including phenoxy) is 1. The fourth-order valence-corrected chi connectivity index (χ4v) is 3.80. The second-order valence-corrected chi connectivity index (χ2v) is 8.41. The standard InChI is InChI=1S/C21H16F2N6O4S/c22-20(23)33-15-6-2-13(3-7-15)17-12-18(28-27-17)19(30)26-14-4-8-16(9-5-14)34(31,32)29-21-24-10-1-11-25-21/h1-12,20H,(H,26,30)(H,27,28)(H,24,25,29). The molecular formula is C21H16F2N6O4S. The van der Waals surface area contributed by atoms with Crippen LogP contribution in [0.4, 0.5) is 20.4 Å². The summed E-state index contributed by atoms with van der Waals surface area (Å²) in [5.74, 6) is -0.571. The van der Waals surface area contributed by atoms with E-state index in [0.717, 1.165) is 0 Å². The lowest BCUT2D eigenvalue weighted by Crippen LogP contribution is -2.15. The molecular weight excluding hydrogens is 470 g/mol. The molecule has 0 saturated heterocycles. The first-order valence-corrected chi connectivity index (χ1v) is 11.1. The number of aromatic nitrogens is 4. The Bertz CT molecular complexity index is 1380. The molecule has 3 N–H and O–H groups in total. The average Bonchev–Trinajstić information content (AvgIpc) is 3.30. The van der Waals surface area contributed by atoms with Crippen molar-refractivity contribution in [3.63, 3.8) is 0 Å². The zero-order valence-electron chi connectivity index (χ0n) is 17.1. The Labute approximate surface area is 192 Å². The third-order valence-corrected chi connectivity index (χ3v) is 5.76. The zero-order valence-corrected chi connectivity index (χ0v) is 18.0. The highest BCUT2D eigenvalue weighted by atomic mass is 32.2. The molecule has 13 heteroatoms. The number of hydrogen-bond acceptors (Lipinski definition) is 7. The van der Waals surface area contributed by atoms with Gasteiger partial charge in [0.05, 0.1) is 10.6 Å². The number of benzene rings is 2. The number of sulfonamides is 1. The first kappa shape index (κ1) is 22.8. The van der Waals surface area contributed by atoms with E-state index in [1.54, 1.807) is 6.07 Å². The minimum atomic E-state index is -3.90. The summed E-state index contributed by atoms with van der Waals surface area (Å²) < 4.78 is 55.9. The van der Waals surface area contributed by atoms with Crippen LogP contribution in [-0.2, 0) is 10.0 Å². The Morgan fingerprint density at radius 2 is 1.68 bits per heavy atom. The predicted octanol–water partition coefficient (Wildman–Crippen LogP) is 3.52. The maximum atomic E-state index is 12.5. The van der Waals surface area contributed by atoms with Gasteiger partial charge in [-0.2, -0.15) is 13.9 Å². The third-order valence-electron chi connectivity index (χ3n) is 4.41. The van der Waals surface area contributed by atoms with Gasteiger partial charge < -0.3 is 10.1 Å². The largest absolute Gasteiger partial charge is 0.435 e. The highest BCUT2D eigenvalue weighted by molar-refractivity contribution is 7.92. The number of aromatic amines is 1. The normalized spacial score (nSPS) is 11.3. The van der Waals surface area contributed by atoms with E-state index in [2.05, 4.69) is 34.9 Å². The molecule has 4 aromatic rings. The maximum Gasteiger partial charge on any atom is 0.387 e. The highest BCUT2D eigenvalue weighted by Crippen LogP contribution is 2.23. The summed E-state index contributed by atoms with van der Waals surface area (Å²) in [6.07, 6.45) is 2.81. The summed E-state index contributed by atoms with van der Waals surface area (Å²) in [5.41, 5.74) is 1.50. The number of carbonyl (C=O) groups excluding carboxylic acids is 1. The molecule has 0 saturated carbocycles. The van der Waals surface area contributed by atoms with Crippen molar-refractivity contribution in [1.29, 1.82) is 0 Å². The van der Waals surface area contributed by atoms with Gasteiger partial charge in [-0.15, -0.1) is 0 Å². The van der Waals surface area contributed by atoms with Gasteiger partial charge >= 0.3 is 6.61 Å². The summed E-state index contributed by atoms with van der Waals surface area (Å²) in [6, 6.07) is 14.3. The zero-order chi connectivity index (χ0) is 24.1. The van der Waals surface area contributed by atoms with Gasteiger partial charge in [-0.1, -0.05) is 0 Å². The lowest BCUT2D eigenvalue weighted by molar-refractivity contribution is -0.0498. The molecule has 4 rings (SSSR count). The van der Waals surface area contributed by atoms with E-state index in [1.165, 1.54) is 67.0 Å². The van der Waals surface area contributed by atoms with Crippen molar-refractivity contribution in [2.24, 2.45) is 0 Å². The Morgan fingerprint density at radius 1 is 1.00 bits per heavy atom. The van der Waals surface area contributed by atoms with Crippen molar-refractivity contribution >= 4 is 27.6 Å². The molecule has 1 amide bonds. The molecule has 0 radical (unpaired) electrons. The molecule has 174 valence electrons. The van der Waals surface area contributed by atoms with Crippen LogP contribution in [0.5, 0.6) is 5.75 Å². The van der Waals surface area contributed by atoms with E-state index >= 15 is 0 Å². The molecule has 2 heterocycles. The molecule has 0 aliphatic rings. The average molecular weight is 486 g/mol. The summed E-state index contributed by atoms with van der Waals surface area (Å²) >= 11 is 0. The van der Waals surface area contributed by atoms with Crippen LogP contribution in [0.3, 0.4) is 0 Å². The lowest BCUT2D eigenvalue weighted by atomic mass is 10.1. The topological polar surface area (TPSA) is 139 Å². The molecule has 0 spiro atoms. The number of amides is 1. The third kappa shape index (κ3) is 5.50. The van der Waals surface area contributed by atoms with Gasteiger partial charge in [0.1, 0.15) is 11.4 Å². The number of halogens is 2. The van der Waals surface area contributed by atoms with Crippen LogP contribution in [-0.4, -0.2) is 41.1 Å². The van der Waals surface area contributed by atoms with Crippen LogP contribution >= 0.6 is 0 Å². The minimum absolute atomic E-state index is 0.00390. The van der Waals surface area contributed by atoms with Crippen molar-refractivity contribution in [3.8, 4) is 17.0 Å². The molecule has 0 aliphatic carbocycles. The Balaban J connectivity index is 1.41. The van der Waals surface area contributed by atoms with Gasteiger partial charge in [-0.05, 0) is 60.7 Å². The van der Waals surface area contributed by atoms with E-state index in [4.69, 9.17) is 0 Å². The maximum absolute atomic E-state index is 12.5. The monoisotopic (exact) mass is 486 g/mol. The molecule has 2 aromatic carbocycles. The number of alkyl halides is 2. The molecule has 34 heavy (non-hydrogen) atoms. The molecule has 10 nitrogen and oxygen atoms in total. The van der Waals surface area contributed by atoms with Gasteiger partial charge in [0.15, 0.2) is 0 Å². The molecule has 0 atom stereocenters. The van der Waals surface area contributed by atoms with E-state index < -0.39 is 22.5 Å². The fourth-order valence-electron chi connectivity index (χ4n) is 2.84. The smallest absolute Gasteiger partial charge is 0.387 e. The summed E-state index contributed by atoms with van der Waals surface area (Å²) in [4.78, 5) is 20.1. The van der Waals surface area contributed by atoms with E-state index in [-0.39, 0.29) is 22.3 Å². The van der Waals surface area contributed by atoms with Crippen molar-refractivity contribution in [1.82, 2.24) is 20.2 Å². The van der Waals surface area contributed by atoms with Crippen molar-refractivity contribution in [3.05, 3.63) is 78.8 Å². The van der Waals surface area contributed by atoms with Crippen molar-refractivity contribution < 1.29 is 26.7 Å². The number of H-pyrrole nitrogens is 1. The highest BCUT2D eigenvalue weighted by Gasteiger charge is 2.16. The molecule has 2 aromatic heterocycles. The van der Waals surface area contributed by atoms with E-state index in [1.807, 2.05) is 0 Å². The molecule has 0 aliphatic heterocycles. The molecule has 0 unspecified atom stereocenters. The molecule has 0 bridgehead atoms. The minimum Gasteiger partial charge on any atom is -0.435 e. The lowest BCUT2D eigenvalue weighted by Gasteiger charge is -2.08. The number of nitrogens with one attached hydrogen (secondary N) is 3. The first-order valence-electron chi connectivity index (χ1n) is 9.62. The second-order valence-electron chi connectivity index (χ2n) is 6.73. The van der Waals surface area contributed by atoms with Crippen LogP contribution in [0.2, 0.25) is 0 Å². The summed E-state index contributed by atoms with van der Waals surface area (Å²) in [7, 11) is -3.90. The van der Waals surface area contributed by atoms with E-state index in [9.17, 15) is 22.0 Å². The second kappa shape index (κ2) is 9.62. The Hall–Kier alpha value is -4.39. The number of rotatable bonds is 8. The number of carbonyl (C=O) groups is 1. The van der Waals surface area contributed by atoms with Gasteiger partial charge in [-0.3, -0.25) is 9.89 Å². The predicted molar refractivity (Wildman–Crippen MR) is 118 cm³/mol. The van der Waals surface area contributed by atoms with Gasteiger partial charge in [0.2, 0.25) is 5.95 Å².